The molecule has 0 bridgehead atoms. The molecule has 0 aromatic rings. The van der Waals surface area contributed by atoms with E-state index < -0.39 is 12.1 Å². The highest BCUT2D eigenvalue weighted by Crippen LogP contribution is 1.90. The Morgan fingerprint density at radius 2 is 2.00 bits per heavy atom. The van der Waals surface area contributed by atoms with Gasteiger partial charge in [-0.1, -0.05) is 6.58 Å². The van der Waals surface area contributed by atoms with Crippen LogP contribution < -0.4 is 5.32 Å². The van der Waals surface area contributed by atoms with Crippen LogP contribution in [0.4, 0.5) is 4.79 Å². The van der Waals surface area contributed by atoms with Crippen LogP contribution in [0.5, 0.6) is 0 Å². The van der Waals surface area contributed by atoms with Gasteiger partial charge in [-0.25, -0.2) is 9.59 Å². The van der Waals surface area contributed by atoms with Crippen molar-refractivity contribution in [3.05, 3.63) is 19.1 Å². The fraction of sp³-hybridized carbons (Fsp3) is 0.444. The molecule has 0 atom stereocenters. The van der Waals surface area contributed by atoms with E-state index in [4.69, 9.17) is 4.74 Å². The number of hydrogen-bond acceptors (Lipinski definition) is 4. The lowest BCUT2D eigenvalue weighted by Gasteiger charge is -2.05. The van der Waals surface area contributed by atoms with Crippen molar-refractivity contribution in [2.75, 3.05) is 19.8 Å². The molecule has 0 unspecified atom stereocenters. The molecule has 0 spiro atoms. The highest BCUT2D eigenvalue weighted by atomic mass is 16.6. The van der Waals surface area contributed by atoms with Crippen molar-refractivity contribution in [1.82, 2.24) is 5.32 Å². The summed E-state index contributed by atoms with van der Waals surface area (Å²) >= 11 is 0. The predicted octanol–water partition coefficient (Wildman–Crippen LogP) is 0.666. The van der Waals surface area contributed by atoms with Gasteiger partial charge in [0, 0.05) is 5.57 Å². The van der Waals surface area contributed by atoms with Gasteiger partial charge in [-0.3, -0.25) is 0 Å². The third kappa shape index (κ3) is 6.05. The van der Waals surface area contributed by atoms with Gasteiger partial charge in [0.25, 0.3) is 0 Å². The number of ether oxygens (including phenoxy) is 2. The number of nitrogens with one attached hydrogen (secondary N) is 1. The summed E-state index contributed by atoms with van der Waals surface area (Å²) in [6, 6.07) is 0. The highest BCUT2D eigenvalue weighted by molar-refractivity contribution is 5.86. The number of rotatable bonds is 5. The van der Waals surface area contributed by atoms with Crippen LogP contribution in [-0.2, 0) is 14.3 Å². The summed E-state index contributed by atoms with van der Waals surface area (Å²) in [5.41, 5.74) is 0.324. The fourth-order valence-corrected chi connectivity index (χ4v) is 0.564. The molecule has 0 saturated carbocycles. The lowest BCUT2D eigenvalue weighted by atomic mass is 10.4. The van der Waals surface area contributed by atoms with Crippen LogP contribution >= 0.6 is 0 Å². The van der Waals surface area contributed by atoms with E-state index >= 15 is 0 Å². The smallest absolute Gasteiger partial charge is 0.407 e. The Balaban J connectivity index is 3.42. The number of esters is 1. The molecule has 0 heterocycles. The van der Waals surface area contributed by atoms with Crippen LogP contribution in [0.1, 0.15) is 6.92 Å². The summed E-state index contributed by atoms with van der Waals surface area (Å²) in [5, 5.41) is 2.37. The molecule has 0 rings (SSSR count). The molecule has 0 aliphatic rings. The average molecular weight is 200 g/mol. The Kier molecular flexibility index (Phi) is 6.19. The van der Waals surface area contributed by atoms with E-state index in [0.29, 0.717) is 5.57 Å². The number of amides is 1. The van der Waals surface area contributed by atoms with Crippen molar-refractivity contribution < 1.29 is 19.1 Å². The Morgan fingerprint density at radius 3 is 2.50 bits per heavy atom. The summed E-state index contributed by atoms with van der Waals surface area (Å²) in [7, 11) is 0. The third-order valence-electron chi connectivity index (χ3n) is 1.19. The molecular formula is C9H14NO4. The first kappa shape index (κ1) is 12.5. The van der Waals surface area contributed by atoms with E-state index in [1.807, 2.05) is 0 Å². The van der Waals surface area contributed by atoms with Crippen LogP contribution in [0, 0.1) is 6.92 Å². The number of hydrogen-bond donors (Lipinski definition) is 1. The minimum atomic E-state index is -0.577. The average Bonchev–Trinajstić information content (AvgIpc) is 2.12. The van der Waals surface area contributed by atoms with E-state index in [1.54, 1.807) is 6.92 Å². The van der Waals surface area contributed by atoms with E-state index in [2.05, 4.69) is 23.6 Å². The molecule has 0 fully saturated rings. The molecule has 0 aliphatic carbocycles. The van der Waals surface area contributed by atoms with E-state index in [0.717, 1.165) is 0 Å². The Morgan fingerprint density at radius 1 is 1.36 bits per heavy atom. The maximum Gasteiger partial charge on any atom is 0.407 e. The van der Waals surface area contributed by atoms with Crippen LogP contribution in [0.2, 0.25) is 0 Å². The van der Waals surface area contributed by atoms with E-state index in [-0.39, 0.29) is 19.8 Å². The van der Waals surface area contributed by atoms with Gasteiger partial charge in [0.2, 0.25) is 0 Å². The topological polar surface area (TPSA) is 64.6 Å². The van der Waals surface area contributed by atoms with Crippen molar-refractivity contribution in [2.24, 2.45) is 0 Å². The second kappa shape index (κ2) is 6.94. The van der Waals surface area contributed by atoms with Gasteiger partial charge < -0.3 is 14.8 Å². The molecule has 0 aromatic carbocycles. The molecule has 1 radical (unpaired) electrons. The SMILES string of the molecule is [CH2]COC(=O)NCCOC(=O)C(=C)C. The fourth-order valence-electron chi connectivity index (χ4n) is 0.564. The maximum atomic E-state index is 10.8. The number of alkyl carbamates (subject to hydrolysis) is 1. The van der Waals surface area contributed by atoms with Gasteiger partial charge in [-0.05, 0) is 13.8 Å². The van der Waals surface area contributed by atoms with Crippen LogP contribution in [-0.4, -0.2) is 31.8 Å². The lowest BCUT2D eigenvalue weighted by Crippen LogP contribution is -2.28. The summed E-state index contributed by atoms with van der Waals surface area (Å²) in [4.78, 5) is 21.5. The molecule has 14 heavy (non-hydrogen) atoms. The molecule has 0 aliphatic heterocycles. The Bertz CT molecular complexity index is 225. The second-order valence-corrected chi connectivity index (χ2v) is 2.48. The van der Waals surface area contributed by atoms with Gasteiger partial charge in [0.05, 0.1) is 13.2 Å². The van der Waals surface area contributed by atoms with Gasteiger partial charge in [0.1, 0.15) is 6.61 Å². The molecule has 5 nitrogen and oxygen atoms in total. The first-order chi connectivity index (χ1) is 6.57. The zero-order valence-electron chi connectivity index (χ0n) is 8.17. The third-order valence-corrected chi connectivity index (χ3v) is 1.19. The van der Waals surface area contributed by atoms with Crippen molar-refractivity contribution >= 4 is 12.1 Å². The highest BCUT2D eigenvalue weighted by Gasteiger charge is 2.03. The van der Waals surface area contributed by atoms with E-state index in [9.17, 15) is 9.59 Å². The lowest BCUT2D eigenvalue weighted by molar-refractivity contribution is -0.138. The van der Waals surface area contributed by atoms with Crippen molar-refractivity contribution in [3.8, 4) is 0 Å². The molecule has 0 saturated heterocycles. The molecule has 5 heteroatoms. The minimum Gasteiger partial charge on any atom is -0.460 e. The Labute approximate surface area is 83.1 Å². The van der Waals surface area contributed by atoms with Crippen molar-refractivity contribution in [2.45, 2.75) is 6.92 Å². The summed E-state index contributed by atoms with van der Waals surface area (Å²) in [6.45, 7) is 8.65. The minimum absolute atomic E-state index is 0.0669. The quantitative estimate of drug-likeness (QED) is 0.402. The molecule has 1 amide bonds. The van der Waals surface area contributed by atoms with Crippen molar-refractivity contribution in [3.63, 3.8) is 0 Å². The number of carbonyl (C=O) groups is 2. The van der Waals surface area contributed by atoms with Gasteiger partial charge in [-0.2, -0.15) is 0 Å². The number of carbonyl (C=O) groups excluding carboxylic acids is 2. The zero-order chi connectivity index (χ0) is 11.0. The largest absolute Gasteiger partial charge is 0.460 e. The second-order valence-electron chi connectivity index (χ2n) is 2.48. The first-order valence-corrected chi connectivity index (χ1v) is 4.10. The molecular weight excluding hydrogens is 186 g/mol. The molecule has 0 aromatic heterocycles. The van der Waals surface area contributed by atoms with Crippen molar-refractivity contribution in [1.29, 1.82) is 0 Å². The van der Waals surface area contributed by atoms with Gasteiger partial charge in [0.15, 0.2) is 0 Å². The van der Waals surface area contributed by atoms with E-state index in [1.165, 1.54) is 0 Å². The normalized spacial score (nSPS) is 9.00. The Hall–Kier alpha value is -1.52. The standard InChI is InChI=1S/C9H14NO4/c1-4-13-9(12)10-5-6-14-8(11)7(2)3/h1-2,4-6H2,3H3,(H,10,12). The predicted molar refractivity (Wildman–Crippen MR) is 50.5 cm³/mol. The van der Waals surface area contributed by atoms with Crippen LogP contribution in [0.15, 0.2) is 12.2 Å². The van der Waals surface area contributed by atoms with Crippen LogP contribution in [0.3, 0.4) is 0 Å². The molecule has 79 valence electrons. The zero-order valence-corrected chi connectivity index (χ0v) is 8.17. The van der Waals surface area contributed by atoms with Gasteiger partial charge >= 0.3 is 12.1 Å². The molecule has 1 N–H and O–H groups in total. The monoisotopic (exact) mass is 200 g/mol. The van der Waals surface area contributed by atoms with Crippen LogP contribution in [0.25, 0.3) is 0 Å². The first-order valence-electron chi connectivity index (χ1n) is 4.10. The summed E-state index contributed by atoms with van der Waals surface area (Å²) in [6.07, 6.45) is -0.577. The van der Waals surface area contributed by atoms with Gasteiger partial charge in [-0.15, -0.1) is 0 Å². The maximum absolute atomic E-state index is 10.8. The summed E-state index contributed by atoms with van der Waals surface area (Å²) < 4.78 is 9.18. The summed E-state index contributed by atoms with van der Waals surface area (Å²) in [5.74, 6) is -0.475.